The number of carbonyl (C=O) groups excluding carboxylic acids is 2. The standard InChI is InChI=1S/C21H30FNO7/c1-13(24)5-2-3-8-29-12-17-20(27)21(28)19(26)16(30-17)11-23-18(25)10-14-6-4-7-15(22)9-14/h4,6-7,9,16-17,19-21,26-28H,2-3,5,8,10-12H2,1H3,(H,23,25). The van der Waals surface area contributed by atoms with Crippen molar-refractivity contribution in [2.24, 2.45) is 0 Å². The number of rotatable bonds is 11. The first-order valence-electron chi connectivity index (χ1n) is 10.1. The van der Waals surface area contributed by atoms with Crippen molar-refractivity contribution in [1.82, 2.24) is 5.32 Å². The van der Waals surface area contributed by atoms with Gasteiger partial charge < -0.3 is 34.9 Å². The number of amides is 1. The van der Waals surface area contributed by atoms with Crippen LogP contribution in [0, 0.1) is 5.82 Å². The molecule has 1 heterocycles. The van der Waals surface area contributed by atoms with Crippen molar-refractivity contribution in [3.63, 3.8) is 0 Å². The van der Waals surface area contributed by atoms with E-state index >= 15 is 0 Å². The van der Waals surface area contributed by atoms with Crippen LogP contribution in [0.4, 0.5) is 4.39 Å². The maximum absolute atomic E-state index is 13.2. The number of hydrogen-bond acceptors (Lipinski definition) is 7. The van der Waals surface area contributed by atoms with Crippen molar-refractivity contribution >= 4 is 11.7 Å². The van der Waals surface area contributed by atoms with Gasteiger partial charge in [-0.1, -0.05) is 12.1 Å². The van der Waals surface area contributed by atoms with Crippen LogP contribution in [0.25, 0.3) is 0 Å². The van der Waals surface area contributed by atoms with E-state index in [4.69, 9.17) is 9.47 Å². The number of ether oxygens (including phenoxy) is 2. The number of halogens is 1. The van der Waals surface area contributed by atoms with Crippen molar-refractivity contribution in [3.8, 4) is 0 Å². The van der Waals surface area contributed by atoms with E-state index in [1.165, 1.54) is 25.1 Å². The number of benzene rings is 1. The summed E-state index contributed by atoms with van der Waals surface area (Å²) < 4.78 is 24.3. The van der Waals surface area contributed by atoms with E-state index in [2.05, 4.69) is 5.32 Å². The van der Waals surface area contributed by atoms with Gasteiger partial charge in [0.1, 0.15) is 42.1 Å². The second-order valence-electron chi connectivity index (χ2n) is 7.53. The number of hydrogen-bond donors (Lipinski definition) is 4. The number of aliphatic hydroxyl groups is 3. The third-order valence-electron chi connectivity index (χ3n) is 4.91. The molecule has 0 bridgehead atoms. The van der Waals surface area contributed by atoms with E-state index in [1.807, 2.05) is 0 Å². The van der Waals surface area contributed by atoms with Gasteiger partial charge in [0.05, 0.1) is 13.0 Å². The topological polar surface area (TPSA) is 125 Å². The third kappa shape index (κ3) is 7.73. The van der Waals surface area contributed by atoms with Gasteiger partial charge in [-0.05, 0) is 37.5 Å². The van der Waals surface area contributed by atoms with Crippen molar-refractivity contribution in [2.45, 2.75) is 63.1 Å². The SMILES string of the molecule is CC(=O)CCCCOCC1OC(CNC(=O)Cc2cccc(F)c2)C(O)C(O)C1O. The van der Waals surface area contributed by atoms with Gasteiger partial charge in [0.25, 0.3) is 0 Å². The second kappa shape index (κ2) is 12.1. The van der Waals surface area contributed by atoms with Gasteiger partial charge in [-0.2, -0.15) is 0 Å². The van der Waals surface area contributed by atoms with Crippen LogP contribution < -0.4 is 5.32 Å². The Morgan fingerprint density at radius 1 is 1.13 bits per heavy atom. The zero-order chi connectivity index (χ0) is 22.1. The summed E-state index contributed by atoms with van der Waals surface area (Å²) in [5, 5.41) is 32.9. The molecule has 1 aliphatic heterocycles. The Balaban J connectivity index is 1.78. The zero-order valence-electron chi connectivity index (χ0n) is 17.0. The minimum atomic E-state index is -1.45. The lowest BCUT2D eigenvalue weighted by Crippen LogP contribution is -2.61. The fourth-order valence-electron chi connectivity index (χ4n) is 3.22. The van der Waals surface area contributed by atoms with Crippen LogP contribution in [0.1, 0.15) is 31.7 Å². The first-order chi connectivity index (χ1) is 14.3. The molecule has 1 amide bonds. The molecule has 2 rings (SSSR count). The van der Waals surface area contributed by atoms with E-state index in [1.54, 1.807) is 6.07 Å². The summed E-state index contributed by atoms with van der Waals surface area (Å²) in [6.07, 6.45) is -4.18. The first-order valence-corrected chi connectivity index (χ1v) is 10.1. The van der Waals surface area contributed by atoms with Gasteiger partial charge >= 0.3 is 0 Å². The molecular formula is C21H30FNO7. The Morgan fingerprint density at radius 3 is 2.57 bits per heavy atom. The summed E-state index contributed by atoms with van der Waals surface area (Å²) in [6.45, 7) is 1.80. The molecule has 1 saturated heterocycles. The minimum Gasteiger partial charge on any atom is -0.388 e. The predicted octanol–water partition coefficient (Wildman–Crippen LogP) is 0.110. The molecule has 0 aromatic heterocycles. The molecule has 5 unspecified atom stereocenters. The summed E-state index contributed by atoms with van der Waals surface area (Å²) in [5.74, 6) is -0.719. The lowest BCUT2D eigenvalue weighted by Gasteiger charge is -2.40. The highest BCUT2D eigenvalue weighted by molar-refractivity contribution is 5.78. The molecule has 0 saturated carbocycles. The average molecular weight is 427 g/mol. The van der Waals surface area contributed by atoms with E-state index in [-0.39, 0.29) is 25.4 Å². The average Bonchev–Trinajstić information content (AvgIpc) is 2.69. The monoisotopic (exact) mass is 427 g/mol. The highest BCUT2D eigenvalue weighted by Crippen LogP contribution is 2.21. The molecule has 1 aromatic rings. The van der Waals surface area contributed by atoms with Crippen LogP contribution in [0.2, 0.25) is 0 Å². The highest BCUT2D eigenvalue weighted by atomic mass is 19.1. The third-order valence-corrected chi connectivity index (χ3v) is 4.91. The van der Waals surface area contributed by atoms with Crippen molar-refractivity contribution in [3.05, 3.63) is 35.6 Å². The maximum Gasteiger partial charge on any atom is 0.224 e. The van der Waals surface area contributed by atoms with E-state index in [0.29, 0.717) is 31.4 Å². The number of carbonyl (C=O) groups is 2. The van der Waals surface area contributed by atoms with Crippen LogP contribution in [0.3, 0.4) is 0 Å². The minimum absolute atomic E-state index is 0.00123. The summed E-state index contributed by atoms with van der Waals surface area (Å²) in [7, 11) is 0. The first kappa shape index (κ1) is 24.4. The molecule has 5 atom stereocenters. The number of ketones is 1. The van der Waals surface area contributed by atoms with Crippen LogP contribution in [-0.2, 0) is 25.5 Å². The number of nitrogens with one attached hydrogen (secondary N) is 1. The van der Waals surface area contributed by atoms with Gasteiger partial charge in [-0.25, -0.2) is 4.39 Å². The summed E-state index contributed by atoms with van der Waals surface area (Å²) in [4.78, 5) is 23.0. The molecule has 168 valence electrons. The lowest BCUT2D eigenvalue weighted by molar-refractivity contribution is -0.230. The smallest absolute Gasteiger partial charge is 0.224 e. The summed E-state index contributed by atoms with van der Waals surface area (Å²) in [5.41, 5.74) is 0.504. The summed E-state index contributed by atoms with van der Waals surface area (Å²) >= 11 is 0. The van der Waals surface area contributed by atoms with Crippen LogP contribution in [-0.4, -0.2) is 77.3 Å². The Kier molecular flexibility index (Phi) is 9.80. The molecule has 1 aliphatic rings. The van der Waals surface area contributed by atoms with Gasteiger partial charge in [-0.15, -0.1) is 0 Å². The molecule has 8 nitrogen and oxygen atoms in total. The van der Waals surface area contributed by atoms with Crippen molar-refractivity contribution in [1.29, 1.82) is 0 Å². The van der Waals surface area contributed by atoms with E-state index < -0.39 is 42.2 Å². The fourth-order valence-corrected chi connectivity index (χ4v) is 3.22. The lowest BCUT2D eigenvalue weighted by atomic mass is 9.95. The molecule has 1 aromatic carbocycles. The zero-order valence-corrected chi connectivity index (χ0v) is 17.0. The maximum atomic E-state index is 13.2. The molecule has 4 N–H and O–H groups in total. The van der Waals surface area contributed by atoms with Crippen LogP contribution >= 0.6 is 0 Å². The van der Waals surface area contributed by atoms with Gasteiger partial charge in [0.2, 0.25) is 5.91 Å². The Bertz CT molecular complexity index is 702. The number of aliphatic hydroxyl groups excluding tert-OH is 3. The van der Waals surface area contributed by atoms with Gasteiger partial charge in [0, 0.05) is 19.6 Å². The quantitative estimate of drug-likeness (QED) is 0.370. The second-order valence-corrected chi connectivity index (χ2v) is 7.53. The largest absolute Gasteiger partial charge is 0.388 e. The molecular weight excluding hydrogens is 397 g/mol. The predicted molar refractivity (Wildman–Crippen MR) is 105 cm³/mol. The van der Waals surface area contributed by atoms with Crippen molar-refractivity contribution in [2.75, 3.05) is 19.8 Å². The van der Waals surface area contributed by atoms with Crippen molar-refractivity contribution < 1.29 is 38.8 Å². The Morgan fingerprint density at radius 2 is 1.87 bits per heavy atom. The van der Waals surface area contributed by atoms with Crippen LogP contribution in [0.5, 0.6) is 0 Å². The van der Waals surface area contributed by atoms with E-state index in [0.717, 1.165) is 0 Å². The van der Waals surface area contributed by atoms with E-state index in [9.17, 15) is 29.3 Å². The summed E-state index contributed by atoms with van der Waals surface area (Å²) in [6, 6.07) is 5.67. The van der Waals surface area contributed by atoms with Gasteiger partial charge in [-0.3, -0.25) is 4.79 Å². The molecule has 0 radical (unpaired) electrons. The van der Waals surface area contributed by atoms with Gasteiger partial charge in [0.15, 0.2) is 0 Å². The van der Waals surface area contributed by atoms with Crippen LogP contribution in [0.15, 0.2) is 24.3 Å². The molecule has 30 heavy (non-hydrogen) atoms. The molecule has 0 spiro atoms. The molecule has 1 fully saturated rings. The normalized spacial score (nSPS) is 26.4. The Hall–Kier alpha value is -1.91. The highest BCUT2D eigenvalue weighted by Gasteiger charge is 2.43. The number of Topliss-reactive ketones (excluding diaryl/α,β-unsaturated/α-hetero) is 1. The fraction of sp³-hybridized carbons (Fsp3) is 0.619. The molecule has 9 heteroatoms. The Labute approximate surface area is 175 Å². The number of unbranched alkanes of at least 4 members (excludes halogenated alkanes) is 1. The molecule has 0 aliphatic carbocycles.